The summed E-state index contributed by atoms with van der Waals surface area (Å²) in [4.78, 5) is 17.6. The Hall–Kier alpha value is -1.59. The van der Waals surface area contributed by atoms with Crippen LogP contribution < -0.4 is 4.90 Å². The van der Waals surface area contributed by atoms with Crippen molar-refractivity contribution in [3.05, 3.63) is 29.3 Å². The van der Waals surface area contributed by atoms with Crippen molar-refractivity contribution < 1.29 is 14.3 Å². The molecule has 1 aromatic rings. The van der Waals surface area contributed by atoms with Gasteiger partial charge in [-0.3, -0.25) is 9.69 Å². The van der Waals surface area contributed by atoms with Crippen LogP contribution in [0.15, 0.2) is 18.2 Å². The summed E-state index contributed by atoms with van der Waals surface area (Å²) in [6.07, 6.45) is 3.38. The van der Waals surface area contributed by atoms with Crippen LogP contribution in [0.25, 0.3) is 0 Å². The van der Waals surface area contributed by atoms with Gasteiger partial charge in [0.15, 0.2) is 0 Å². The largest absolute Gasteiger partial charge is 0.465 e. The molecule has 0 amide bonds. The molecule has 0 aliphatic carbocycles. The van der Waals surface area contributed by atoms with Gasteiger partial charge >= 0.3 is 5.97 Å². The van der Waals surface area contributed by atoms with E-state index in [0.717, 1.165) is 51.4 Å². The maximum Gasteiger partial charge on any atom is 0.315 e. The van der Waals surface area contributed by atoms with Crippen molar-refractivity contribution >= 4 is 11.7 Å². The number of hydrogen-bond acceptors (Lipinski definition) is 5. The maximum atomic E-state index is 12.5. The third-order valence-corrected chi connectivity index (χ3v) is 6.34. The van der Waals surface area contributed by atoms with Crippen LogP contribution >= 0.6 is 0 Å². The van der Waals surface area contributed by atoms with E-state index in [1.54, 1.807) is 0 Å². The number of piperidine rings is 1. The highest BCUT2D eigenvalue weighted by molar-refractivity contribution is 5.82. The molecule has 1 aromatic carbocycles. The summed E-state index contributed by atoms with van der Waals surface area (Å²) in [5, 5.41) is 0. The molecule has 0 radical (unpaired) electrons. The van der Waals surface area contributed by atoms with Gasteiger partial charge in [-0.2, -0.15) is 0 Å². The molecule has 2 aliphatic rings. The number of aryl methyl sites for hydroxylation is 1. The molecule has 156 valence electrons. The number of anilines is 1. The lowest BCUT2D eigenvalue weighted by molar-refractivity contribution is -0.148. The molecule has 2 fully saturated rings. The van der Waals surface area contributed by atoms with Crippen molar-refractivity contribution in [3.63, 3.8) is 0 Å². The number of benzene rings is 1. The predicted octanol–water partition coefficient (Wildman–Crippen LogP) is 3.39. The molecule has 5 heteroatoms. The molecule has 3 rings (SSSR count). The standard InChI is InChI=1S/C23H36N2O3/c1-5-18-7-8-19(23(3,4)22(26)28-6-2)17-21(18)25-11-9-20(10-12-25)24-13-15-27-16-14-24/h7-8,17,20H,5-6,9-16H2,1-4H3. The summed E-state index contributed by atoms with van der Waals surface area (Å²) in [5.41, 5.74) is 3.04. The number of hydrogen-bond donors (Lipinski definition) is 0. The van der Waals surface area contributed by atoms with Gasteiger partial charge in [0.2, 0.25) is 0 Å². The highest BCUT2D eigenvalue weighted by Gasteiger charge is 2.33. The number of esters is 1. The first-order valence-corrected chi connectivity index (χ1v) is 10.8. The number of rotatable bonds is 6. The molecule has 0 bridgehead atoms. The van der Waals surface area contributed by atoms with E-state index in [0.29, 0.717) is 12.6 Å². The fraction of sp³-hybridized carbons (Fsp3) is 0.696. The molecule has 0 aromatic heterocycles. The Labute approximate surface area is 170 Å². The number of nitrogens with zero attached hydrogens (tertiary/aromatic N) is 2. The van der Waals surface area contributed by atoms with E-state index < -0.39 is 5.41 Å². The molecule has 2 heterocycles. The Kier molecular flexibility index (Phi) is 7.00. The van der Waals surface area contributed by atoms with Crippen LogP contribution in [0.1, 0.15) is 51.7 Å². The minimum absolute atomic E-state index is 0.156. The van der Waals surface area contributed by atoms with Gasteiger partial charge < -0.3 is 14.4 Å². The van der Waals surface area contributed by atoms with Gasteiger partial charge in [0.25, 0.3) is 0 Å². The summed E-state index contributed by atoms with van der Waals surface area (Å²) in [6.45, 7) is 14.4. The van der Waals surface area contributed by atoms with E-state index in [1.807, 2.05) is 20.8 Å². The van der Waals surface area contributed by atoms with Gasteiger partial charge in [-0.05, 0) is 57.2 Å². The first kappa shape index (κ1) is 21.1. The summed E-state index contributed by atoms with van der Waals surface area (Å²) < 4.78 is 10.8. The normalized spacial score (nSPS) is 19.6. The summed E-state index contributed by atoms with van der Waals surface area (Å²) in [6, 6.07) is 7.19. The first-order chi connectivity index (χ1) is 13.5. The Morgan fingerprint density at radius 1 is 1.14 bits per heavy atom. The zero-order chi connectivity index (χ0) is 20.1. The molecule has 0 spiro atoms. The quantitative estimate of drug-likeness (QED) is 0.699. The van der Waals surface area contributed by atoms with Crippen LogP contribution in [0.3, 0.4) is 0 Å². The second kappa shape index (κ2) is 9.27. The SMILES string of the molecule is CCOC(=O)C(C)(C)c1ccc(CC)c(N2CCC(N3CCOCC3)CC2)c1. The molecule has 0 unspecified atom stereocenters. The summed E-state index contributed by atoms with van der Waals surface area (Å²) >= 11 is 0. The van der Waals surface area contributed by atoms with Crippen molar-refractivity contribution in [2.45, 2.75) is 58.4 Å². The van der Waals surface area contributed by atoms with E-state index in [-0.39, 0.29) is 5.97 Å². The molecule has 2 saturated heterocycles. The van der Waals surface area contributed by atoms with E-state index in [4.69, 9.17) is 9.47 Å². The number of carbonyl (C=O) groups is 1. The van der Waals surface area contributed by atoms with Gasteiger partial charge in [0.1, 0.15) is 0 Å². The van der Waals surface area contributed by atoms with Crippen molar-refractivity contribution in [2.24, 2.45) is 0 Å². The molecular weight excluding hydrogens is 352 g/mol. The van der Waals surface area contributed by atoms with Gasteiger partial charge in [-0.15, -0.1) is 0 Å². The molecule has 0 atom stereocenters. The third-order valence-electron chi connectivity index (χ3n) is 6.34. The van der Waals surface area contributed by atoms with Crippen LogP contribution in [0, 0.1) is 0 Å². The number of morpholine rings is 1. The lowest BCUT2D eigenvalue weighted by atomic mass is 9.83. The van der Waals surface area contributed by atoms with E-state index >= 15 is 0 Å². The van der Waals surface area contributed by atoms with Crippen molar-refractivity contribution in [3.8, 4) is 0 Å². The predicted molar refractivity (Wildman–Crippen MR) is 113 cm³/mol. The van der Waals surface area contributed by atoms with Gasteiger partial charge in [0, 0.05) is 37.9 Å². The highest BCUT2D eigenvalue weighted by atomic mass is 16.5. The number of ether oxygens (including phenoxy) is 2. The average molecular weight is 389 g/mol. The van der Waals surface area contributed by atoms with Gasteiger partial charge in [0.05, 0.1) is 25.2 Å². The molecule has 0 saturated carbocycles. The fourth-order valence-electron chi connectivity index (χ4n) is 4.39. The lowest BCUT2D eigenvalue weighted by Crippen LogP contribution is -2.49. The maximum absolute atomic E-state index is 12.5. The Bertz CT molecular complexity index is 660. The highest BCUT2D eigenvalue weighted by Crippen LogP contribution is 2.33. The van der Waals surface area contributed by atoms with Crippen molar-refractivity contribution in [1.82, 2.24) is 4.90 Å². The van der Waals surface area contributed by atoms with E-state index in [2.05, 4.69) is 34.9 Å². The molecule has 2 aliphatic heterocycles. The van der Waals surface area contributed by atoms with Crippen LogP contribution in [0.2, 0.25) is 0 Å². The third kappa shape index (κ3) is 4.52. The molecule has 28 heavy (non-hydrogen) atoms. The zero-order valence-corrected chi connectivity index (χ0v) is 18.0. The molecule has 5 nitrogen and oxygen atoms in total. The van der Waals surface area contributed by atoms with Gasteiger partial charge in [-0.25, -0.2) is 0 Å². The molecule has 0 N–H and O–H groups in total. The Balaban J connectivity index is 1.75. The fourth-order valence-corrected chi connectivity index (χ4v) is 4.39. The molecular formula is C23H36N2O3. The number of carbonyl (C=O) groups excluding carboxylic acids is 1. The zero-order valence-electron chi connectivity index (χ0n) is 18.0. The summed E-state index contributed by atoms with van der Waals surface area (Å²) in [7, 11) is 0. The summed E-state index contributed by atoms with van der Waals surface area (Å²) in [5.74, 6) is -0.156. The van der Waals surface area contributed by atoms with Crippen LogP contribution in [0.4, 0.5) is 5.69 Å². The van der Waals surface area contributed by atoms with Crippen molar-refractivity contribution in [1.29, 1.82) is 0 Å². The van der Waals surface area contributed by atoms with Crippen LogP contribution in [0.5, 0.6) is 0 Å². The Morgan fingerprint density at radius 3 is 2.43 bits per heavy atom. The minimum atomic E-state index is -0.636. The van der Waals surface area contributed by atoms with Crippen LogP contribution in [-0.4, -0.2) is 62.9 Å². The lowest BCUT2D eigenvalue weighted by Gasteiger charge is -2.41. The average Bonchev–Trinajstić information content (AvgIpc) is 2.74. The minimum Gasteiger partial charge on any atom is -0.465 e. The Morgan fingerprint density at radius 2 is 1.82 bits per heavy atom. The monoisotopic (exact) mass is 388 g/mol. The second-order valence-corrected chi connectivity index (χ2v) is 8.41. The van der Waals surface area contributed by atoms with Gasteiger partial charge in [-0.1, -0.05) is 19.1 Å². The second-order valence-electron chi connectivity index (χ2n) is 8.41. The smallest absolute Gasteiger partial charge is 0.315 e. The van der Waals surface area contributed by atoms with E-state index in [1.165, 1.54) is 24.1 Å². The van der Waals surface area contributed by atoms with Crippen molar-refractivity contribution in [2.75, 3.05) is 50.9 Å². The topological polar surface area (TPSA) is 42.0 Å². The van der Waals surface area contributed by atoms with E-state index in [9.17, 15) is 4.79 Å². The first-order valence-electron chi connectivity index (χ1n) is 10.8. The van der Waals surface area contributed by atoms with Crippen LogP contribution in [-0.2, 0) is 26.1 Å².